The number of halogens is 1. The van der Waals surface area contributed by atoms with Gasteiger partial charge in [0.15, 0.2) is 11.5 Å². The molecule has 3 aliphatic rings. The van der Waals surface area contributed by atoms with Crippen molar-refractivity contribution in [2.75, 3.05) is 33.0 Å². The van der Waals surface area contributed by atoms with Crippen LogP contribution in [0.1, 0.15) is 61.1 Å². The third kappa shape index (κ3) is 7.09. The van der Waals surface area contributed by atoms with E-state index in [1.54, 1.807) is 0 Å². The summed E-state index contributed by atoms with van der Waals surface area (Å²) in [6.07, 6.45) is 9.18. The summed E-state index contributed by atoms with van der Waals surface area (Å²) >= 11 is 5.53. The molecule has 0 aromatic heterocycles. The van der Waals surface area contributed by atoms with Crippen LogP contribution in [0.4, 0.5) is 0 Å². The van der Waals surface area contributed by atoms with Crippen LogP contribution in [0.25, 0.3) is 0 Å². The number of hydrogen-bond donors (Lipinski definition) is 0. The van der Waals surface area contributed by atoms with Crippen molar-refractivity contribution in [3.8, 4) is 11.5 Å². The van der Waals surface area contributed by atoms with Gasteiger partial charge in [-0.1, -0.05) is 69.1 Å². The van der Waals surface area contributed by atoms with Gasteiger partial charge in [-0.05, 0) is 74.0 Å². The van der Waals surface area contributed by atoms with Crippen molar-refractivity contribution < 1.29 is 14.3 Å². The molecule has 0 saturated carbocycles. The van der Waals surface area contributed by atoms with Gasteiger partial charge < -0.3 is 14.4 Å². The van der Waals surface area contributed by atoms with Crippen molar-refractivity contribution in [3.63, 3.8) is 0 Å². The van der Waals surface area contributed by atoms with Crippen molar-refractivity contribution in [1.82, 2.24) is 9.80 Å². The lowest BCUT2D eigenvalue weighted by Gasteiger charge is -2.33. The third-order valence-electron chi connectivity index (χ3n) is 7.44. The summed E-state index contributed by atoms with van der Waals surface area (Å²) in [7, 11) is 0. The number of carbonyl (C=O) groups is 1. The molecule has 0 radical (unpaired) electrons. The summed E-state index contributed by atoms with van der Waals surface area (Å²) in [5.74, 6) is 2.83. The molecule has 1 fully saturated rings. The molecule has 5 nitrogen and oxygen atoms in total. The number of hydrogen-bond acceptors (Lipinski definition) is 4. The van der Waals surface area contributed by atoms with Gasteiger partial charge >= 0.3 is 0 Å². The van der Waals surface area contributed by atoms with Gasteiger partial charge in [0.1, 0.15) is 0 Å². The molecule has 1 unspecified atom stereocenters. The zero-order valence-electron chi connectivity index (χ0n) is 21.7. The van der Waals surface area contributed by atoms with Crippen LogP contribution in [0.3, 0.4) is 0 Å². The molecule has 2 aromatic carbocycles. The molecule has 2 aromatic rings. The van der Waals surface area contributed by atoms with Crippen LogP contribution in [0.2, 0.25) is 0 Å². The molecule has 1 amide bonds. The molecule has 0 aliphatic carbocycles. The second-order valence-electron chi connectivity index (χ2n) is 9.78. The SMILES string of the molecule is C.C=C/C=C(\C=C)CN1CCC(CCN2C(=O)c3cc4c(cc3C2C)OCO4)CC1.ClCc1ccccc1. The molecule has 3 aliphatic heterocycles. The van der Waals surface area contributed by atoms with Gasteiger partial charge in [-0.2, -0.15) is 0 Å². The number of piperidine rings is 1. The lowest BCUT2D eigenvalue weighted by molar-refractivity contribution is 0.0714. The fourth-order valence-corrected chi connectivity index (χ4v) is 5.38. The highest BCUT2D eigenvalue weighted by atomic mass is 35.5. The Labute approximate surface area is 233 Å². The molecule has 204 valence electrons. The number of fused-ring (bicyclic) bond motifs is 2. The molecule has 5 rings (SSSR count). The molecule has 38 heavy (non-hydrogen) atoms. The second-order valence-corrected chi connectivity index (χ2v) is 10.0. The first kappa shape index (κ1) is 29.5. The standard InChI is InChI=1S/C24H30N2O3.C7H7Cl.CH4/c1-4-6-18(5-2)15-25-10-7-19(8-11-25)9-12-26-17(3)20-13-22-23(29-16-28-22)14-21(20)24(26)27;8-6-7-4-2-1-3-5-7;/h4-6,13-14,17,19H,1-2,7-12,15-16H2,3H3;1-5H,6H2;1H4/b18-6+;;. The fourth-order valence-electron chi connectivity index (χ4n) is 5.20. The smallest absolute Gasteiger partial charge is 0.254 e. The van der Waals surface area contributed by atoms with E-state index in [4.69, 9.17) is 21.1 Å². The highest BCUT2D eigenvalue weighted by molar-refractivity contribution is 6.17. The van der Waals surface area contributed by atoms with Crippen LogP contribution in [-0.2, 0) is 5.88 Å². The minimum absolute atomic E-state index is 0. The minimum Gasteiger partial charge on any atom is -0.454 e. The molecule has 1 atom stereocenters. The van der Waals surface area contributed by atoms with Crippen LogP contribution >= 0.6 is 11.6 Å². The highest BCUT2D eigenvalue weighted by Gasteiger charge is 2.36. The average molecular weight is 537 g/mol. The second kappa shape index (κ2) is 14.2. The van der Waals surface area contributed by atoms with E-state index in [1.807, 2.05) is 65.6 Å². The summed E-state index contributed by atoms with van der Waals surface area (Å²) in [5.41, 5.74) is 4.21. The maximum atomic E-state index is 12.9. The number of alkyl halides is 1. The van der Waals surface area contributed by atoms with Crippen molar-refractivity contribution >= 4 is 17.5 Å². The van der Waals surface area contributed by atoms with Gasteiger partial charge in [0.05, 0.1) is 6.04 Å². The van der Waals surface area contributed by atoms with E-state index in [1.165, 1.54) is 24.0 Å². The van der Waals surface area contributed by atoms with Crippen LogP contribution in [0.5, 0.6) is 11.5 Å². The van der Waals surface area contributed by atoms with E-state index in [0.717, 1.165) is 49.5 Å². The Morgan fingerprint density at radius 3 is 2.39 bits per heavy atom. The average Bonchev–Trinajstić information content (AvgIpc) is 3.49. The Hall–Kier alpha value is -3.02. The predicted molar refractivity (Wildman–Crippen MR) is 157 cm³/mol. The molecular formula is C32H41ClN2O3. The Bertz CT molecular complexity index is 1120. The zero-order chi connectivity index (χ0) is 26.2. The van der Waals surface area contributed by atoms with Crippen molar-refractivity contribution in [2.24, 2.45) is 5.92 Å². The van der Waals surface area contributed by atoms with Gasteiger partial charge in [0, 0.05) is 24.5 Å². The molecule has 3 heterocycles. The molecule has 0 N–H and O–H groups in total. The molecule has 1 saturated heterocycles. The lowest BCUT2D eigenvalue weighted by Crippen LogP contribution is -2.36. The van der Waals surface area contributed by atoms with Crippen molar-refractivity contribution in [2.45, 2.75) is 45.5 Å². The molecular weight excluding hydrogens is 496 g/mol. The van der Waals surface area contributed by atoms with Crippen LogP contribution < -0.4 is 9.47 Å². The number of ether oxygens (including phenoxy) is 2. The number of nitrogens with zero attached hydrogens (tertiary/aromatic N) is 2. The quantitative estimate of drug-likeness (QED) is 0.260. The topological polar surface area (TPSA) is 42.0 Å². The van der Waals surface area contributed by atoms with Crippen molar-refractivity contribution in [3.05, 3.63) is 96.1 Å². The maximum Gasteiger partial charge on any atom is 0.254 e. The Morgan fingerprint density at radius 1 is 1.11 bits per heavy atom. The number of carbonyl (C=O) groups excluding carboxylic acids is 1. The summed E-state index contributed by atoms with van der Waals surface area (Å²) < 4.78 is 10.9. The first-order chi connectivity index (χ1) is 18.0. The van der Waals surface area contributed by atoms with Gasteiger partial charge in [-0.25, -0.2) is 0 Å². The molecule has 0 bridgehead atoms. The van der Waals surface area contributed by atoms with Crippen molar-refractivity contribution in [1.29, 1.82) is 0 Å². The molecule has 6 heteroatoms. The summed E-state index contributed by atoms with van der Waals surface area (Å²) in [4.78, 5) is 17.4. The first-order valence-electron chi connectivity index (χ1n) is 13.0. The number of benzene rings is 2. The van der Waals surface area contributed by atoms with E-state index >= 15 is 0 Å². The van der Waals surface area contributed by atoms with E-state index in [9.17, 15) is 4.79 Å². The lowest BCUT2D eigenvalue weighted by atomic mass is 9.93. The van der Waals surface area contributed by atoms with E-state index in [-0.39, 0.29) is 26.2 Å². The molecule has 0 spiro atoms. The van der Waals surface area contributed by atoms with Gasteiger partial charge in [-0.3, -0.25) is 9.69 Å². The van der Waals surface area contributed by atoms with Gasteiger partial charge in [0.25, 0.3) is 5.91 Å². The number of likely N-dealkylation sites (tertiary alicyclic amines) is 1. The summed E-state index contributed by atoms with van der Waals surface area (Å²) in [6.45, 7) is 13.9. The Balaban J connectivity index is 0.000000382. The van der Waals surface area contributed by atoms with E-state index in [0.29, 0.717) is 17.5 Å². The Kier molecular flexibility index (Phi) is 11.1. The largest absolute Gasteiger partial charge is 0.454 e. The first-order valence-corrected chi connectivity index (χ1v) is 13.6. The summed E-state index contributed by atoms with van der Waals surface area (Å²) in [5, 5.41) is 0. The number of rotatable bonds is 8. The number of allylic oxidation sites excluding steroid dienone is 2. The van der Waals surface area contributed by atoms with Gasteiger partial charge in [0.2, 0.25) is 6.79 Å². The van der Waals surface area contributed by atoms with Crippen LogP contribution in [0, 0.1) is 5.92 Å². The van der Waals surface area contributed by atoms with E-state index in [2.05, 4.69) is 25.0 Å². The summed E-state index contributed by atoms with van der Waals surface area (Å²) in [6, 6.07) is 13.9. The van der Waals surface area contributed by atoms with Crippen LogP contribution in [-0.4, -0.2) is 48.7 Å². The third-order valence-corrected chi connectivity index (χ3v) is 7.75. The predicted octanol–water partition coefficient (Wildman–Crippen LogP) is 7.39. The monoisotopic (exact) mass is 536 g/mol. The van der Waals surface area contributed by atoms with Gasteiger partial charge in [-0.15, -0.1) is 11.6 Å². The van der Waals surface area contributed by atoms with Crippen LogP contribution in [0.15, 0.2) is 79.4 Å². The normalized spacial score (nSPS) is 18.8. The minimum atomic E-state index is 0. The van der Waals surface area contributed by atoms with E-state index < -0.39 is 0 Å². The fraction of sp³-hybridized carbons (Fsp3) is 0.406. The number of amides is 1. The Morgan fingerprint density at radius 2 is 1.79 bits per heavy atom. The highest BCUT2D eigenvalue weighted by Crippen LogP contribution is 2.42. The maximum absolute atomic E-state index is 12.9. The zero-order valence-corrected chi connectivity index (χ0v) is 22.5.